The molecule has 1 N–H and O–H groups in total. The quantitative estimate of drug-likeness (QED) is 0.818. The van der Waals surface area contributed by atoms with E-state index in [-0.39, 0.29) is 5.82 Å². The number of halogens is 3. The topological polar surface area (TPSA) is 24.9 Å². The van der Waals surface area contributed by atoms with Gasteiger partial charge in [-0.25, -0.2) is 4.98 Å². The van der Waals surface area contributed by atoms with E-state index in [0.29, 0.717) is 6.54 Å². The molecule has 0 bridgehead atoms. The van der Waals surface area contributed by atoms with E-state index >= 15 is 0 Å². The minimum Gasteiger partial charge on any atom is -0.370 e. The summed E-state index contributed by atoms with van der Waals surface area (Å²) in [6.45, 7) is 2.55. The number of alkyl halides is 3. The molecule has 14 heavy (non-hydrogen) atoms. The van der Waals surface area contributed by atoms with Crippen LogP contribution in [0, 0.1) is 0 Å². The molecule has 0 unspecified atom stereocenters. The summed E-state index contributed by atoms with van der Waals surface area (Å²) < 4.78 is 36.7. The Morgan fingerprint density at radius 3 is 2.71 bits per heavy atom. The maximum Gasteiger partial charge on any atom is 0.416 e. The first-order chi connectivity index (χ1) is 6.54. The first kappa shape index (κ1) is 10.8. The van der Waals surface area contributed by atoms with E-state index in [4.69, 9.17) is 0 Å². The summed E-state index contributed by atoms with van der Waals surface area (Å²) in [5.74, 6) is 0.265. The zero-order valence-corrected chi connectivity index (χ0v) is 7.73. The molecule has 5 heteroatoms. The molecule has 0 aliphatic rings. The third-order valence-electron chi connectivity index (χ3n) is 1.64. The number of anilines is 1. The van der Waals surface area contributed by atoms with Gasteiger partial charge in [0, 0.05) is 12.7 Å². The first-order valence-electron chi connectivity index (χ1n) is 4.31. The van der Waals surface area contributed by atoms with Crippen molar-refractivity contribution in [3.05, 3.63) is 23.9 Å². The number of rotatable bonds is 3. The molecule has 2 nitrogen and oxygen atoms in total. The molecule has 0 aliphatic heterocycles. The highest BCUT2D eigenvalue weighted by molar-refractivity contribution is 5.38. The Kier molecular flexibility index (Phi) is 3.33. The van der Waals surface area contributed by atoms with Gasteiger partial charge in [0.2, 0.25) is 0 Å². The third-order valence-corrected chi connectivity index (χ3v) is 1.64. The maximum atomic E-state index is 12.2. The summed E-state index contributed by atoms with van der Waals surface area (Å²) >= 11 is 0. The smallest absolute Gasteiger partial charge is 0.370 e. The van der Waals surface area contributed by atoms with Gasteiger partial charge in [0.05, 0.1) is 5.56 Å². The van der Waals surface area contributed by atoms with Crippen LogP contribution in [-0.2, 0) is 6.18 Å². The van der Waals surface area contributed by atoms with Gasteiger partial charge in [0.15, 0.2) is 0 Å². The van der Waals surface area contributed by atoms with E-state index in [9.17, 15) is 13.2 Å². The Morgan fingerprint density at radius 2 is 2.14 bits per heavy atom. The number of nitrogens with one attached hydrogen (secondary N) is 1. The molecule has 1 aromatic heterocycles. The Morgan fingerprint density at radius 1 is 1.43 bits per heavy atom. The van der Waals surface area contributed by atoms with Crippen molar-refractivity contribution in [2.75, 3.05) is 11.9 Å². The molecule has 1 aromatic rings. The van der Waals surface area contributed by atoms with Gasteiger partial charge in [-0.3, -0.25) is 0 Å². The van der Waals surface area contributed by atoms with Crippen LogP contribution < -0.4 is 5.32 Å². The zero-order valence-electron chi connectivity index (χ0n) is 7.73. The molecule has 78 valence electrons. The van der Waals surface area contributed by atoms with Crippen LogP contribution in [-0.4, -0.2) is 11.5 Å². The van der Waals surface area contributed by atoms with Gasteiger partial charge < -0.3 is 5.32 Å². The third kappa shape index (κ3) is 2.90. The summed E-state index contributed by atoms with van der Waals surface area (Å²) in [6.07, 6.45) is -2.30. The van der Waals surface area contributed by atoms with Crippen molar-refractivity contribution in [3.63, 3.8) is 0 Å². The SMILES string of the molecule is CCCNc1cc(C(F)(F)F)ccn1. The van der Waals surface area contributed by atoms with Crippen molar-refractivity contribution in [3.8, 4) is 0 Å². The second-order valence-corrected chi connectivity index (χ2v) is 2.85. The Hall–Kier alpha value is -1.26. The molecule has 0 aliphatic carbocycles. The number of nitrogens with zero attached hydrogens (tertiary/aromatic N) is 1. The normalized spacial score (nSPS) is 11.4. The maximum absolute atomic E-state index is 12.2. The van der Waals surface area contributed by atoms with Crippen LogP contribution in [0.4, 0.5) is 19.0 Å². The molecule has 0 saturated heterocycles. The zero-order chi connectivity index (χ0) is 10.6. The summed E-state index contributed by atoms with van der Waals surface area (Å²) in [6, 6.07) is 1.97. The molecule has 0 saturated carbocycles. The number of aromatic nitrogens is 1. The first-order valence-corrected chi connectivity index (χ1v) is 4.31. The minimum absolute atomic E-state index is 0.265. The van der Waals surface area contributed by atoms with E-state index in [1.165, 1.54) is 0 Å². The number of hydrogen-bond acceptors (Lipinski definition) is 2. The lowest BCUT2D eigenvalue weighted by Gasteiger charge is -2.08. The monoisotopic (exact) mass is 204 g/mol. The van der Waals surface area contributed by atoms with Crippen LogP contribution in [0.25, 0.3) is 0 Å². The van der Waals surface area contributed by atoms with Crippen molar-refractivity contribution >= 4 is 5.82 Å². The van der Waals surface area contributed by atoms with Crippen LogP contribution in [0.3, 0.4) is 0 Å². The van der Waals surface area contributed by atoms with Gasteiger partial charge >= 0.3 is 6.18 Å². The molecular weight excluding hydrogens is 193 g/mol. The van der Waals surface area contributed by atoms with Crippen LogP contribution in [0.15, 0.2) is 18.3 Å². The van der Waals surface area contributed by atoms with E-state index in [1.54, 1.807) is 0 Å². The molecule has 1 rings (SSSR count). The van der Waals surface area contributed by atoms with Gasteiger partial charge in [-0.1, -0.05) is 6.92 Å². The predicted molar refractivity (Wildman–Crippen MR) is 48.0 cm³/mol. The van der Waals surface area contributed by atoms with Gasteiger partial charge in [-0.2, -0.15) is 13.2 Å². The lowest BCUT2D eigenvalue weighted by Crippen LogP contribution is -2.08. The summed E-state index contributed by atoms with van der Waals surface area (Å²) in [4.78, 5) is 3.78. The van der Waals surface area contributed by atoms with Crippen LogP contribution in [0.1, 0.15) is 18.9 Å². The molecule has 0 radical (unpaired) electrons. The van der Waals surface area contributed by atoms with Crippen molar-refractivity contribution < 1.29 is 13.2 Å². The van der Waals surface area contributed by atoms with Crippen molar-refractivity contribution in [2.24, 2.45) is 0 Å². The van der Waals surface area contributed by atoms with Crippen LogP contribution in [0.5, 0.6) is 0 Å². The van der Waals surface area contributed by atoms with Gasteiger partial charge in [0.1, 0.15) is 5.82 Å². The van der Waals surface area contributed by atoms with Crippen LogP contribution in [0.2, 0.25) is 0 Å². The van der Waals surface area contributed by atoms with Gasteiger partial charge in [0.25, 0.3) is 0 Å². The standard InChI is InChI=1S/C9H11F3N2/c1-2-4-13-8-6-7(3-5-14-8)9(10,11)12/h3,5-6H,2,4H2,1H3,(H,13,14). The molecule has 0 spiro atoms. The minimum atomic E-state index is -4.30. The fourth-order valence-electron chi connectivity index (χ4n) is 0.957. The van der Waals surface area contributed by atoms with Crippen molar-refractivity contribution in [1.82, 2.24) is 4.98 Å². The average Bonchev–Trinajstić information content (AvgIpc) is 2.14. The van der Waals surface area contributed by atoms with E-state index < -0.39 is 11.7 Å². The molecule has 0 aromatic carbocycles. The van der Waals surface area contributed by atoms with Gasteiger partial charge in [-0.05, 0) is 18.6 Å². The fourth-order valence-corrected chi connectivity index (χ4v) is 0.957. The highest BCUT2D eigenvalue weighted by Gasteiger charge is 2.30. The Labute approximate surface area is 80.2 Å². The predicted octanol–water partition coefficient (Wildman–Crippen LogP) is 2.92. The molecular formula is C9H11F3N2. The molecule has 0 fully saturated rings. The second-order valence-electron chi connectivity index (χ2n) is 2.85. The lowest BCUT2D eigenvalue weighted by atomic mass is 10.2. The number of pyridine rings is 1. The molecule has 0 atom stereocenters. The second kappa shape index (κ2) is 4.30. The average molecular weight is 204 g/mol. The van der Waals surface area contributed by atoms with E-state index in [1.807, 2.05) is 6.92 Å². The molecule has 0 amide bonds. The summed E-state index contributed by atoms with van der Waals surface area (Å²) in [5, 5.41) is 2.80. The van der Waals surface area contributed by atoms with Gasteiger partial charge in [-0.15, -0.1) is 0 Å². The van der Waals surface area contributed by atoms with Crippen molar-refractivity contribution in [1.29, 1.82) is 0 Å². The van der Waals surface area contributed by atoms with Crippen molar-refractivity contribution in [2.45, 2.75) is 19.5 Å². The largest absolute Gasteiger partial charge is 0.416 e. The summed E-state index contributed by atoms with van der Waals surface area (Å²) in [7, 11) is 0. The molecule has 1 heterocycles. The Bertz CT molecular complexity index is 296. The van der Waals surface area contributed by atoms with E-state index in [2.05, 4.69) is 10.3 Å². The highest BCUT2D eigenvalue weighted by Crippen LogP contribution is 2.29. The highest BCUT2D eigenvalue weighted by atomic mass is 19.4. The lowest BCUT2D eigenvalue weighted by molar-refractivity contribution is -0.137. The van der Waals surface area contributed by atoms with E-state index in [0.717, 1.165) is 24.8 Å². The number of hydrogen-bond donors (Lipinski definition) is 1. The summed E-state index contributed by atoms with van der Waals surface area (Å²) in [5.41, 5.74) is -0.675. The fraction of sp³-hybridized carbons (Fsp3) is 0.444. The van der Waals surface area contributed by atoms with Crippen LogP contribution >= 0.6 is 0 Å². The Balaban J connectivity index is 2.79.